The van der Waals surface area contributed by atoms with Crippen LogP contribution in [-0.4, -0.2) is 23.1 Å². The standard InChI is InChI=1S/C22H18BrN3O2S2/c1-11-8-12(2)18-16(9-11)30-22(24-18)26-21(29)25-20(27)15-10-13-6-4-5-7-14(13)17(23)19(15)28-3/h4-10H,1-3H3,(H2,24,25,26,27,29). The van der Waals surface area contributed by atoms with Crippen LogP contribution < -0.4 is 15.4 Å². The molecule has 30 heavy (non-hydrogen) atoms. The van der Waals surface area contributed by atoms with E-state index in [0.717, 1.165) is 31.0 Å². The predicted octanol–water partition coefficient (Wildman–Crippen LogP) is 5.96. The smallest absolute Gasteiger partial charge is 0.261 e. The van der Waals surface area contributed by atoms with Gasteiger partial charge in [0.2, 0.25) is 0 Å². The lowest BCUT2D eigenvalue weighted by atomic mass is 10.1. The summed E-state index contributed by atoms with van der Waals surface area (Å²) in [5.74, 6) is 0.101. The number of methoxy groups -OCH3 is 1. The van der Waals surface area contributed by atoms with Gasteiger partial charge in [-0.15, -0.1) is 0 Å². The number of anilines is 1. The van der Waals surface area contributed by atoms with E-state index >= 15 is 0 Å². The third-order valence-electron chi connectivity index (χ3n) is 4.67. The first-order chi connectivity index (χ1) is 14.4. The van der Waals surface area contributed by atoms with E-state index in [9.17, 15) is 4.79 Å². The van der Waals surface area contributed by atoms with Crippen LogP contribution in [0.4, 0.5) is 5.13 Å². The Hall–Kier alpha value is -2.55. The average Bonchev–Trinajstić information content (AvgIpc) is 3.10. The number of nitrogens with zero attached hydrogens (tertiary/aromatic N) is 1. The van der Waals surface area contributed by atoms with Crippen molar-refractivity contribution in [3.05, 3.63) is 63.6 Å². The molecule has 5 nitrogen and oxygen atoms in total. The maximum Gasteiger partial charge on any atom is 0.261 e. The summed E-state index contributed by atoms with van der Waals surface area (Å²) in [6, 6.07) is 13.7. The second-order valence-corrected chi connectivity index (χ2v) is 9.08. The second kappa shape index (κ2) is 8.29. The lowest BCUT2D eigenvalue weighted by Gasteiger charge is -2.14. The zero-order valence-corrected chi connectivity index (χ0v) is 19.7. The second-order valence-electron chi connectivity index (χ2n) is 6.85. The topological polar surface area (TPSA) is 63.2 Å². The van der Waals surface area contributed by atoms with Gasteiger partial charge in [0.25, 0.3) is 5.91 Å². The van der Waals surface area contributed by atoms with E-state index in [1.807, 2.05) is 31.2 Å². The highest BCUT2D eigenvalue weighted by Crippen LogP contribution is 2.36. The van der Waals surface area contributed by atoms with E-state index in [0.29, 0.717) is 16.4 Å². The molecule has 0 aliphatic rings. The number of ether oxygens (including phenoxy) is 1. The molecule has 0 fully saturated rings. The number of benzene rings is 3. The Morgan fingerprint density at radius 1 is 1.20 bits per heavy atom. The Morgan fingerprint density at radius 2 is 1.97 bits per heavy atom. The van der Waals surface area contributed by atoms with Crippen molar-refractivity contribution in [3.8, 4) is 5.75 Å². The number of hydrogen-bond acceptors (Lipinski definition) is 5. The largest absolute Gasteiger partial charge is 0.495 e. The van der Waals surface area contributed by atoms with Crippen molar-refractivity contribution in [2.24, 2.45) is 0 Å². The highest BCUT2D eigenvalue weighted by Gasteiger charge is 2.19. The van der Waals surface area contributed by atoms with Gasteiger partial charge in [-0.1, -0.05) is 41.7 Å². The van der Waals surface area contributed by atoms with E-state index in [-0.39, 0.29) is 11.0 Å². The molecule has 8 heteroatoms. The molecule has 0 atom stereocenters. The van der Waals surface area contributed by atoms with Crippen LogP contribution in [0.3, 0.4) is 0 Å². The number of carbonyl (C=O) groups is 1. The number of aryl methyl sites for hydroxylation is 2. The number of amides is 1. The van der Waals surface area contributed by atoms with Crippen LogP contribution in [0.1, 0.15) is 21.5 Å². The fourth-order valence-corrected chi connectivity index (χ4v) is 5.41. The Kier molecular flexibility index (Phi) is 5.73. The number of halogens is 1. The Labute approximate surface area is 191 Å². The summed E-state index contributed by atoms with van der Waals surface area (Å²) >= 11 is 10.4. The van der Waals surface area contributed by atoms with E-state index in [4.69, 9.17) is 17.0 Å². The van der Waals surface area contributed by atoms with Gasteiger partial charge in [-0.25, -0.2) is 4.98 Å². The number of carbonyl (C=O) groups excluding carboxylic acids is 1. The molecule has 0 aliphatic heterocycles. The molecule has 0 spiro atoms. The molecular weight excluding hydrogens is 482 g/mol. The van der Waals surface area contributed by atoms with Crippen LogP contribution in [0.25, 0.3) is 21.0 Å². The summed E-state index contributed by atoms with van der Waals surface area (Å²) in [6.45, 7) is 4.09. The van der Waals surface area contributed by atoms with Crippen molar-refractivity contribution in [1.82, 2.24) is 10.3 Å². The van der Waals surface area contributed by atoms with Gasteiger partial charge in [0, 0.05) is 0 Å². The van der Waals surface area contributed by atoms with Gasteiger partial charge >= 0.3 is 0 Å². The maximum absolute atomic E-state index is 12.9. The highest BCUT2D eigenvalue weighted by molar-refractivity contribution is 9.10. The lowest BCUT2D eigenvalue weighted by molar-refractivity contribution is 0.0975. The van der Waals surface area contributed by atoms with Gasteiger partial charge in [-0.3, -0.25) is 10.1 Å². The van der Waals surface area contributed by atoms with Gasteiger partial charge in [0.15, 0.2) is 10.2 Å². The lowest BCUT2D eigenvalue weighted by Crippen LogP contribution is -2.34. The van der Waals surface area contributed by atoms with Gasteiger partial charge in [0.05, 0.1) is 27.4 Å². The van der Waals surface area contributed by atoms with Crippen LogP contribution >= 0.6 is 39.5 Å². The van der Waals surface area contributed by atoms with Crippen molar-refractivity contribution in [2.45, 2.75) is 13.8 Å². The SMILES string of the molecule is COc1c(C(=O)NC(=S)Nc2nc3c(C)cc(C)cc3s2)cc2ccccc2c1Br. The van der Waals surface area contributed by atoms with Crippen LogP contribution in [-0.2, 0) is 0 Å². The van der Waals surface area contributed by atoms with Crippen LogP contribution in [0.2, 0.25) is 0 Å². The third-order valence-corrected chi connectivity index (χ3v) is 6.58. The first-order valence-corrected chi connectivity index (χ1v) is 11.1. The molecule has 0 radical (unpaired) electrons. The summed E-state index contributed by atoms with van der Waals surface area (Å²) in [5, 5.41) is 8.45. The molecule has 0 bridgehead atoms. The Balaban J connectivity index is 1.58. The summed E-state index contributed by atoms with van der Waals surface area (Å²) in [7, 11) is 1.54. The molecule has 4 rings (SSSR count). The fourth-order valence-electron chi connectivity index (χ4n) is 3.38. The van der Waals surface area contributed by atoms with E-state index < -0.39 is 0 Å². The first-order valence-electron chi connectivity index (χ1n) is 9.12. The zero-order valence-electron chi connectivity index (χ0n) is 16.5. The van der Waals surface area contributed by atoms with E-state index in [1.54, 1.807) is 6.07 Å². The van der Waals surface area contributed by atoms with Crippen LogP contribution in [0.5, 0.6) is 5.75 Å². The summed E-state index contributed by atoms with van der Waals surface area (Å²) < 4.78 is 7.29. The van der Waals surface area contributed by atoms with Gasteiger partial charge < -0.3 is 10.1 Å². The van der Waals surface area contributed by atoms with Crippen molar-refractivity contribution < 1.29 is 9.53 Å². The number of thiazole rings is 1. The third kappa shape index (κ3) is 3.90. The molecule has 0 saturated heterocycles. The van der Waals surface area contributed by atoms with Gasteiger partial charge in [-0.2, -0.15) is 0 Å². The van der Waals surface area contributed by atoms with Crippen molar-refractivity contribution in [2.75, 3.05) is 12.4 Å². The normalized spacial score (nSPS) is 10.9. The molecule has 2 N–H and O–H groups in total. The van der Waals surface area contributed by atoms with E-state index in [1.165, 1.54) is 24.0 Å². The molecule has 0 aliphatic carbocycles. The maximum atomic E-state index is 12.9. The van der Waals surface area contributed by atoms with Crippen LogP contribution in [0.15, 0.2) is 46.9 Å². The molecule has 3 aromatic carbocycles. The minimum atomic E-state index is -0.357. The predicted molar refractivity (Wildman–Crippen MR) is 131 cm³/mol. The molecular formula is C22H18BrN3O2S2. The summed E-state index contributed by atoms with van der Waals surface area (Å²) in [5.41, 5.74) is 3.61. The number of fused-ring (bicyclic) bond motifs is 2. The van der Waals surface area contributed by atoms with Crippen LogP contribution in [0, 0.1) is 13.8 Å². The number of rotatable bonds is 3. The molecule has 1 heterocycles. The summed E-state index contributed by atoms with van der Waals surface area (Å²) in [4.78, 5) is 17.5. The average molecular weight is 500 g/mol. The van der Waals surface area contributed by atoms with Gasteiger partial charge in [-0.05, 0) is 76.0 Å². The molecule has 1 aromatic heterocycles. The Morgan fingerprint density at radius 3 is 2.73 bits per heavy atom. The highest BCUT2D eigenvalue weighted by atomic mass is 79.9. The molecule has 4 aromatic rings. The summed E-state index contributed by atoms with van der Waals surface area (Å²) in [6.07, 6.45) is 0. The Bertz CT molecular complexity index is 1320. The number of nitrogens with one attached hydrogen (secondary N) is 2. The minimum Gasteiger partial charge on any atom is -0.495 e. The minimum absolute atomic E-state index is 0.180. The molecule has 0 saturated carbocycles. The van der Waals surface area contributed by atoms with Crippen molar-refractivity contribution in [1.29, 1.82) is 0 Å². The number of thiocarbonyl (C=S) groups is 1. The van der Waals surface area contributed by atoms with Crippen molar-refractivity contribution >= 4 is 76.6 Å². The fraction of sp³-hybridized carbons (Fsp3) is 0.136. The quantitative estimate of drug-likeness (QED) is 0.340. The first kappa shape index (κ1) is 20.7. The molecule has 1 amide bonds. The van der Waals surface area contributed by atoms with E-state index in [2.05, 4.69) is 50.6 Å². The molecule has 0 unspecified atom stereocenters. The van der Waals surface area contributed by atoms with Crippen molar-refractivity contribution in [3.63, 3.8) is 0 Å². The molecule has 152 valence electrons. The number of hydrogen-bond donors (Lipinski definition) is 2. The van der Waals surface area contributed by atoms with Gasteiger partial charge in [0.1, 0.15) is 5.75 Å². The zero-order chi connectivity index (χ0) is 21.4. The number of aromatic nitrogens is 1. The monoisotopic (exact) mass is 499 g/mol.